The number of rotatable bonds is 13. The van der Waals surface area contributed by atoms with E-state index in [1.165, 1.54) is 61.6 Å². The lowest BCUT2D eigenvalue weighted by atomic mass is 10.1. The number of likely N-dealkylation sites (N-methyl/N-ethyl adjacent to an activating group) is 1. The highest BCUT2D eigenvalue weighted by Crippen LogP contribution is 2.36. The summed E-state index contributed by atoms with van der Waals surface area (Å²) in [4.78, 5) is 28.3. The van der Waals surface area contributed by atoms with Crippen molar-refractivity contribution in [2.45, 2.75) is 37.8 Å². The summed E-state index contributed by atoms with van der Waals surface area (Å²) in [6.45, 7) is 3.19. The number of halogens is 1. The number of nitrogens with one attached hydrogen (secondary N) is 1. The van der Waals surface area contributed by atoms with Gasteiger partial charge in [0, 0.05) is 19.2 Å². The molecule has 214 valence electrons. The number of carbonyl (C=O) groups is 2. The lowest BCUT2D eigenvalue weighted by Crippen LogP contribution is -2.52. The van der Waals surface area contributed by atoms with Gasteiger partial charge in [-0.2, -0.15) is 0 Å². The van der Waals surface area contributed by atoms with Gasteiger partial charge >= 0.3 is 0 Å². The molecule has 0 saturated heterocycles. The molecule has 1 atom stereocenters. The van der Waals surface area contributed by atoms with Gasteiger partial charge in [-0.25, -0.2) is 12.8 Å². The number of nitrogens with zero attached hydrogens (tertiary/aromatic N) is 2. The monoisotopic (exact) mass is 571 g/mol. The van der Waals surface area contributed by atoms with Crippen LogP contribution >= 0.6 is 0 Å². The smallest absolute Gasteiger partial charge is 0.264 e. The maximum absolute atomic E-state index is 14.0. The van der Waals surface area contributed by atoms with Crippen LogP contribution in [0.1, 0.15) is 25.8 Å². The highest BCUT2D eigenvalue weighted by molar-refractivity contribution is 7.92. The molecule has 11 heteroatoms. The minimum atomic E-state index is -4.28. The molecule has 3 rings (SSSR count). The van der Waals surface area contributed by atoms with Gasteiger partial charge in [0.05, 0.1) is 24.8 Å². The number of benzene rings is 3. The van der Waals surface area contributed by atoms with E-state index in [0.29, 0.717) is 17.9 Å². The minimum Gasteiger partial charge on any atom is -0.497 e. The van der Waals surface area contributed by atoms with Crippen LogP contribution in [-0.4, -0.2) is 58.5 Å². The Morgan fingerprint density at radius 3 is 2.20 bits per heavy atom. The first-order valence-electron chi connectivity index (χ1n) is 12.8. The van der Waals surface area contributed by atoms with E-state index in [-0.39, 0.29) is 35.2 Å². The highest BCUT2D eigenvalue weighted by Gasteiger charge is 2.34. The van der Waals surface area contributed by atoms with Crippen molar-refractivity contribution in [3.8, 4) is 11.5 Å². The number of sulfonamides is 1. The van der Waals surface area contributed by atoms with E-state index in [4.69, 9.17) is 9.47 Å². The Kier molecular flexibility index (Phi) is 10.5. The van der Waals surface area contributed by atoms with Crippen molar-refractivity contribution in [1.29, 1.82) is 0 Å². The number of anilines is 1. The van der Waals surface area contributed by atoms with Crippen LogP contribution in [0.4, 0.5) is 10.1 Å². The summed E-state index contributed by atoms with van der Waals surface area (Å²) in [6, 6.07) is 17.0. The maximum Gasteiger partial charge on any atom is 0.264 e. The van der Waals surface area contributed by atoms with Crippen LogP contribution < -0.4 is 19.1 Å². The molecule has 2 amide bonds. The second-order valence-corrected chi connectivity index (χ2v) is 10.7. The van der Waals surface area contributed by atoms with Crippen molar-refractivity contribution >= 4 is 27.5 Å². The van der Waals surface area contributed by atoms with Gasteiger partial charge in [-0.15, -0.1) is 0 Å². The van der Waals surface area contributed by atoms with E-state index < -0.39 is 34.3 Å². The third-order valence-electron chi connectivity index (χ3n) is 6.27. The lowest BCUT2D eigenvalue weighted by molar-refractivity contribution is -0.140. The number of hydrogen-bond donors (Lipinski definition) is 1. The molecule has 1 N–H and O–H groups in total. The Morgan fingerprint density at radius 1 is 0.950 bits per heavy atom. The Labute approximate surface area is 234 Å². The molecule has 0 aliphatic carbocycles. The fourth-order valence-corrected chi connectivity index (χ4v) is 5.66. The van der Waals surface area contributed by atoms with E-state index >= 15 is 0 Å². The summed E-state index contributed by atoms with van der Waals surface area (Å²) >= 11 is 0. The molecule has 9 nitrogen and oxygen atoms in total. The summed E-state index contributed by atoms with van der Waals surface area (Å²) in [7, 11) is -1.45. The van der Waals surface area contributed by atoms with Crippen LogP contribution in [0.2, 0.25) is 0 Å². The van der Waals surface area contributed by atoms with Crippen molar-refractivity contribution in [3.63, 3.8) is 0 Å². The van der Waals surface area contributed by atoms with Gasteiger partial charge in [0.25, 0.3) is 10.0 Å². The third kappa shape index (κ3) is 7.09. The topological polar surface area (TPSA) is 105 Å². The Balaban J connectivity index is 2.13. The first kappa shape index (κ1) is 30.4. The Bertz CT molecular complexity index is 1400. The fourth-order valence-electron chi connectivity index (χ4n) is 4.22. The van der Waals surface area contributed by atoms with Crippen LogP contribution in [0.5, 0.6) is 11.5 Å². The van der Waals surface area contributed by atoms with Crippen LogP contribution in [0, 0.1) is 5.82 Å². The average Bonchev–Trinajstić information content (AvgIpc) is 2.96. The SMILES string of the molecule is CCNC(=O)C(CC)N(Cc1ccc(F)cc1)C(=O)CN(c1cc(OC)ccc1OC)S(=O)(=O)c1ccccc1. The van der Waals surface area contributed by atoms with Gasteiger partial charge in [-0.05, 0) is 55.3 Å². The summed E-state index contributed by atoms with van der Waals surface area (Å²) in [6.07, 6.45) is 0.271. The van der Waals surface area contributed by atoms with Crippen molar-refractivity contribution in [2.24, 2.45) is 0 Å². The molecule has 0 aromatic heterocycles. The number of methoxy groups -OCH3 is 2. The summed E-state index contributed by atoms with van der Waals surface area (Å²) in [5.41, 5.74) is 0.667. The molecule has 40 heavy (non-hydrogen) atoms. The van der Waals surface area contributed by atoms with Crippen LogP contribution in [0.25, 0.3) is 0 Å². The van der Waals surface area contributed by atoms with Crippen molar-refractivity contribution < 1.29 is 31.9 Å². The van der Waals surface area contributed by atoms with Gasteiger partial charge < -0.3 is 19.7 Å². The van der Waals surface area contributed by atoms with E-state index in [2.05, 4.69) is 5.32 Å². The minimum absolute atomic E-state index is 0.0338. The van der Waals surface area contributed by atoms with Crippen LogP contribution in [0.3, 0.4) is 0 Å². The predicted molar refractivity (Wildman–Crippen MR) is 150 cm³/mol. The molecule has 0 saturated carbocycles. The zero-order chi connectivity index (χ0) is 29.3. The molecule has 1 unspecified atom stereocenters. The van der Waals surface area contributed by atoms with E-state index in [9.17, 15) is 22.4 Å². The largest absolute Gasteiger partial charge is 0.497 e. The van der Waals surface area contributed by atoms with Gasteiger partial charge in [-0.1, -0.05) is 37.3 Å². The third-order valence-corrected chi connectivity index (χ3v) is 8.04. The molecular formula is C29H34FN3O6S. The maximum atomic E-state index is 14.0. The van der Waals surface area contributed by atoms with E-state index in [1.54, 1.807) is 44.2 Å². The van der Waals surface area contributed by atoms with Gasteiger partial charge in [0.1, 0.15) is 29.9 Å². The number of carbonyl (C=O) groups excluding carboxylic acids is 2. The van der Waals surface area contributed by atoms with Crippen LogP contribution in [0.15, 0.2) is 77.7 Å². The quantitative estimate of drug-likeness (QED) is 0.333. The van der Waals surface area contributed by atoms with Crippen molar-refractivity contribution in [3.05, 3.63) is 84.2 Å². The summed E-state index contributed by atoms with van der Waals surface area (Å²) < 4.78 is 53.3. The predicted octanol–water partition coefficient (Wildman–Crippen LogP) is 3.98. The number of hydrogen-bond acceptors (Lipinski definition) is 6. The Morgan fingerprint density at radius 2 is 1.62 bits per heavy atom. The van der Waals surface area contributed by atoms with E-state index in [0.717, 1.165) is 4.31 Å². The summed E-state index contributed by atoms with van der Waals surface area (Å²) in [5, 5.41) is 2.74. The molecule has 0 aliphatic rings. The van der Waals surface area contributed by atoms with Crippen molar-refractivity contribution in [2.75, 3.05) is 31.6 Å². The first-order valence-corrected chi connectivity index (χ1v) is 14.2. The molecule has 0 radical (unpaired) electrons. The van der Waals surface area contributed by atoms with Crippen LogP contribution in [-0.2, 0) is 26.2 Å². The first-order chi connectivity index (χ1) is 19.2. The highest BCUT2D eigenvalue weighted by atomic mass is 32.2. The zero-order valence-electron chi connectivity index (χ0n) is 23.0. The molecule has 3 aromatic rings. The second kappa shape index (κ2) is 13.8. The molecule has 3 aromatic carbocycles. The van der Waals surface area contributed by atoms with Crippen molar-refractivity contribution in [1.82, 2.24) is 10.2 Å². The normalized spacial score (nSPS) is 11.8. The van der Waals surface area contributed by atoms with E-state index in [1.807, 2.05) is 0 Å². The number of amides is 2. The van der Waals surface area contributed by atoms with Gasteiger partial charge in [0.15, 0.2) is 0 Å². The average molecular weight is 572 g/mol. The summed E-state index contributed by atoms with van der Waals surface area (Å²) in [5.74, 6) is -0.895. The number of ether oxygens (including phenoxy) is 2. The molecule has 0 bridgehead atoms. The zero-order valence-corrected chi connectivity index (χ0v) is 23.8. The molecule has 0 spiro atoms. The molecular weight excluding hydrogens is 537 g/mol. The molecule has 0 fully saturated rings. The second-order valence-electron chi connectivity index (χ2n) is 8.83. The Hall–Kier alpha value is -4.12. The molecule has 0 heterocycles. The standard InChI is InChI=1S/C29H34FN3O6S/c1-5-25(29(35)31-6-2)32(19-21-12-14-22(30)15-13-21)28(34)20-33(40(36,37)24-10-8-7-9-11-24)26-18-23(38-3)16-17-27(26)39-4/h7-18,25H,5-6,19-20H2,1-4H3,(H,31,35). The fraction of sp³-hybridized carbons (Fsp3) is 0.310. The van der Waals surface area contributed by atoms with Gasteiger partial charge in [-0.3, -0.25) is 13.9 Å². The van der Waals surface area contributed by atoms with Gasteiger partial charge in [0.2, 0.25) is 11.8 Å². The molecule has 0 aliphatic heterocycles. The lowest BCUT2D eigenvalue weighted by Gasteiger charge is -2.33.